The second kappa shape index (κ2) is 6.53. The van der Waals surface area contributed by atoms with Crippen molar-refractivity contribution >= 4 is 5.91 Å². The molecule has 4 nitrogen and oxygen atoms in total. The maximum absolute atomic E-state index is 12.3. The molecule has 2 fully saturated rings. The Bertz CT molecular complexity index is 270. The van der Waals surface area contributed by atoms with Crippen molar-refractivity contribution in [2.75, 3.05) is 40.3 Å². The molecule has 2 rings (SSSR count). The number of hydrogen-bond donors (Lipinski definition) is 1. The number of amides is 1. The highest BCUT2D eigenvalue weighted by molar-refractivity contribution is 5.77. The van der Waals surface area contributed by atoms with Gasteiger partial charge in [-0.15, -0.1) is 0 Å². The van der Waals surface area contributed by atoms with Crippen LogP contribution >= 0.6 is 0 Å². The monoisotopic (exact) mass is 253 g/mol. The second-order valence-corrected chi connectivity index (χ2v) is 6.02. The minimum absolute atomic E-state index is 0.365. The van der Waals surface area contributed by atoms with E-state index in [0.29, 0.717) is 18.4 Å². The van der Waals surface area contributed by atoms with Crippen molar-refractivity contribution in [1.29, 1.82) is 0 Å². The summed E-state index contributed by atoms with van der Waals surface area (Å²) in [6.45, 7) is 4.11. The van der Waals surface area contributed by atoms with Crippen LogP contribution in [0.4, 0.5) is 0 Å². The Balaban J connectivity index is 1.81. The smallest absolute Gasteiger partial charge is 0.224 e. The van der Waals surface area contributed by atoms with Crippen LogP contribution in [0.25, 0.3) is 0 Å². The zero-order chi connectivity index (χ0) is 13.0. The van der Waals surface area contributed by atoms with Crippen molar-refractivity contribution in [2.45, 2.75) is 38.1 Å². The summed E-state index contributed by atoms with van der Waals surface area (Å²) in [5, 5.41) is 3.39. The lowest BCUT2D eigenvalue weighted by Gasteiger charge is -2.30. The average Bonchev–Trinajstić information content (AvgIpc) is 3.18. The van der Waals surface area contributed by atoms with Crippen LogP contribution in [0.5, 0.6) is 0 Å². The number of hydrogen-bond acceptors (Lipinski definition) is 3. The lowest BCUT2D eigenvalue weighted by molar-refractivity contribution is -0.132. The van der Waals surface area contributed by atoms with Gasteiger partial charge in [-0.05, 0) is 58.8 Å². The van der Waals surface area contributed by atoms with E-state index in [9.17, 15) is 4.79 Å². The third-order valence-electron chi connectivity index (χ3n) is 3.99. The Morgan fingerprint density at radius 3 is 2.39 bits per heavy atom. The minimum Gasteiger partial charge on any atom is -0.339 e. The van der Waals surface area contributed by atoms with Gasteiger partial charge in [0.15, 0.2) is 0 Å². The first-order chi connectivity index (χ1) is 8.66. The van der Waals surface area contributed by atoms with Gasteiger partial charge in [0.05, 0.1) is 0 Å². The number of carbonyl (C=O) groups is 1. The van der Waals surface area contributed by atoms with Gasteiger partial charge < -0.3 is 15.1 Å². The molecule has 0 aromatic carbocycles. The van der Waals surface area contributed by atoms with Gasteiger partial charge in [-0.25, -0.2) is 0 Å². The quantitative estimate of drug-likeness (QED) is 0.765. The van der Waals surface area contributed by atoms with Crippen LogP contribution in [0.1, 0.15) is 32.1 Å². The van der Waals surface area contributed by atoms with Crippen molar-refractivity contribution in [3.8, 4) is 0 Å². The highest BCUT2D eigenvalue weighted by Gasteiger charge is 2.33. The molecule has 1 aliphatic carbocycles. The van der Waals surface area contributed by atoms with Crippen molar-refractivity contribution in [3.05, 3.63) is 0 Å². The van der Waals surface area contributed by atoms with Crippen molar-refractivity contribution in [3.63, 3.8) is 0 Å². The fourth-order valence-electron chi connectivity index (χ4n) is 2.65. The maximum Gasteiger partial charge on any atom is 0.224 e. The predicted molar refractivity (Wildman–Crippen MR) is 73.5 cm³/mol. The fourth-order valence-corrected chi connectivity index (χ4v) is 2.65. The van der Waals surface area contributed by atoms with Crippen LogP contribution in [-0.4, -0.2) is 62.0 Å². The lowest BCUT2D eigenvalue weighted by Crippen LogP contribution is -2.41. The molecule has 4 heteroatoms. The molecule has 104 valence electrons. The molecule has 2 aliphatic rings. The SMILES string of the molecule is CN(C)CCC(=O)N(CC1CCNCC1)C1CC1. The zero-order valence-corrected chi connectivity index (χ0v) is 11.8. The third-order valence-corrected chi connectivity index (χ3v) is 3.99. The molecule has 1 aliphatic heterocycles. The van der Waals surface area contributed by atoms with Crippen molar-refractivity contribution < 1.29 is 4.79 Å². The maximum atomic E-state index is 12.3. The summed E-state index contributed by atoms with van der Waals surface area (Å²) in [5.41, 5.74) is 0. The standard InChI is InChI=1S/C14H27N3O/c1-16(2)10-7-14(18)17(13-3-4-13)11-12-5-8-15-9-6-12/h12-13,15H,3-11H2,1-2H3. The number of nitrogens with zero attached hydrogens (tertiary/aromatic N) is 2. The summed E-state index contributed by atoms with van der Waals surface area (Å²) in [7, 11) is 4.06. The van der Waals surface area contributed by atoms with E-state index >= 15 is 0 Å². The van der Waals surface area contributed by atoms with E-state index in [-0.39, 0.29) is 0 Å². The molecule has 18 heavy (non-hydrogen) atoms. The van der Waals surface area contributed by atoms with Gasteiger partial charge in [0.25, 0.3) is 0 Å². The molecule has 1 N–H and O–H groups in total. The molecule has 0 radical (unpaired) electrons. The van der Waals surface area contributed by atoms with Gasteiger partial charge in [0, 0.05) is 25.6 Å². The Kier molecular flexibility index (Phi) is 5.01. The van der Waals surface area contributed by atoms with Gasteiger partial charge in [-0.2, -0.15) is 0 Å². The highest BCUT2D eigenvalue weighted by atomic mass is 16.2. The summed E-state index contributed by atoms with van der Waals surface area (Å²) >= 11 is 0. The summed E-state index contributed by atoms with van der Waals surface area (Å²) in [5.74, 6) is 1.08. The summed E-state index contributed by atoms with van der Waals surface area (Å²) in [4.78, 5) is 16.6. The molecule has 0 aromatic rings. The van der Waals surface area contributed by atoms with Gasteiger partial charge in [-0.3, -0.25) is 4.79 Å². The van der Waals surface area contributed by atoms with Crippen LogP contribution in [0.15, 0.2) is 0 Å². The molecule has 1 saturated carbocycles. The minimum atomic E-state index is 0.365. The Morgan fingerprint density at radius 2 is 1.83 bits per heavy atom. The van der Waals surface area contributed by atoms with Crippen LogP contribution in [0, 0.1) is 5.92 Å². The van der Waals surface area contributed by atoms with Crippen LogP contribution < -0.4 is 5.32 Å². The molecular weight excluding hydrogens is 226 g/mol. The number of nitrogens with one attached hydrogen (secondary N) is 1. The van der Waals surface area contributed by atoms with Crippen molar-refractivity contribution in [2.24, 2.45) is 5.92 Å². The van der Waals surface area contributed by atoms with Crippen molar-refractivity contribution in [1.82, 2.24) is 15.1 Å². The number of piperidine rings is 1. The van der Waals surface area contributed by atoms with Crippen LogP contribution in [0.2, 0.25) is 0 Å². The van der Waals surface area contributed by atoms with Crippen LogP contribution in [-0.2, 0) is 4.79 Å². The molecule has 1 heterocycles. The van der Waals surface area contributed by atoms with Crippen LogP contribution in [0.3, 0.4) is 0 Å². The lowest BCUT2D eigenvalue weighted by atomic mass is 9.97. The van der Waals surface area contributed by atoms with E-state index in [1.165, 1.54) is 25.7 Å². The number of rotatable bonds is 6. The molecule has 1 saturated heterocycles. The van der Waals surface area contributed by atoms with Gasteiger partial charge >= 0.3 is 0 Å². The first-order valence-corrected chi connectivity index (χ1v) is 7.31. The van der Waals surface area contributed by atoms with Gasteiger partial charge in [0.2, 0.25) is 5.91 Å². The molecule has 0 aromatic heterocycles. The fraction of sp³-hybridized carbons (Fsp3) is 0.929. The summed E-state index contributed by atoms with van der Waals surface area (Å²) in [6, 6.07) is 0.564. The van der Waals surface area contributed by atoms with E-state index in [0.717, 1.165) is 32.1 Å². The summed E-state index contributed by atoms with van der Waals surface area (Å²) in [6.07, 6.45) is 5.57. The molecule has 0 spiro atoms. The van der Waals surface area contributed by atoms with E-state index in [2.05, 4.69) is 15.1 Å². The molecule has 1 amide bonds. The molecule has 0 atom stereocenters. The topological polar surface area (TPSA) is 35.6 Å². The predicted octanol–water partition coefficient (Wildman–Crippen LogP) is 0.929. The third kappa shape index (κ3) is 4.25. The van der Waals surface area contributed by atoms with E-state index in [1.807, 2.05) is 14.1 Å². The zero-order valence-electron chi connectivity index (χ0n) is 11.8. The highest BCUT2D eigenvalue weighted by Crippen LogP contribution is 2.29. The van der Waals surface area contributed by atoms with E-state index in [1.54, 1.807) is 0 Å². The van der Waals surface area contributed by atoms with E-state index in [4.69, 9.17) is 0 Å². The Morgan fingerprint density at radius 1 is 1.17 bits per heavy atom. The molecule has 0 unspecified atom stereocenters. The average molecular weight is 253 g/mol. The Hall–Kier alpha value is -0.610. The number of carbonyl (C=O) groups excluding carboxylic acids is 1. The first-order valence-electron chi connectivity index (χ1n) is 7.31. The normalized spacial score (nSPS) is 21.3. The largest absolute Gasteiger partial charge is 0.339 e. The van der Waals surface area contributed by atoms with E-state index < -0.39 is 0 Å². The second-order valence-electron chi connectivity index (χ2n) is 6.02. The summed E-state index contributed by atoms with van der Waals surface area (Å²) < 4.78 is 0. The van der Waals surface area contributed by atoms with Gasteiger partial charge in [0.1, 0.15) is 0 Å². The molecule has 0 bridgehead atoms. The van der Waals surface area contributed by atoms with Gasteiger partial charge in [-0.1, -0.05) is 0 Å². The first kappa shape index (κ1) is 13.8. The molecular formula is C14H27N3O. The Labute approximate surface area is 111 Å².